The molecule has 0 radical (unpaired) electrons. The first kappa shape index (κ1) is 17.0. The molecular formula is C15H16F3N3O2. The van der Waals surface area contributed by atoms with Crippen molar-refractivity contribution in [1.82, 2.24) is 15.5 Å². The van der Waals surface area contributed by atoms with Gasteiger partial charge in [-0.05, 0) is 30.2 Å². The molecule has 2 aromatic rings. The Labute approximate surface area is 130 Å². The monoisotopic (exact) mass is 327 g/mol. The predicted molar refractivity (Wildman–Crippen MR) is 76.5 cm³/mol. The number of hydrogen-bond donors (Lipinski definition) is 3. The van der Waals surface area contributed by atoms with Crippen LogP contribution in [-0.4, -0.2) is 27.3 Å². The molecule has 2 atom stereocenters. The van der Waals surface area contributed by atoms with Crippen molar-refractivity contribution >= 4 is 5.91 Å². The second kappa shape index (κ2) is 6.82. The van der Waals surface area contributed by atoms with E-state index in [-0.39, 0.29) is 5.69 Å². The molecule has 0 saturated carbocycles. The fourth-order valence-corrected chi connectivity index (χ4v) is 2.13. The van der Waals surface area contributed by atoms with E-state index in [4.69, 9.17) is 0 Å². The zero-order valence-corrected chi connectivity index (χ0v) is 12.3. The Kier molecular flexibility index (Phi) is 5.05. The van der Waals surface area contributed by atoms with Crippen molar-refractivity contribution in [2.75, 3.05) is 0 Å². The van der Waals surface area contributed by atoms with Gasteiger partial charge in [0.25, 0.3) is 5.91 Å². The van der Waals surface area contributed by atoms with E-state index in [9.17, 15) is 23.1 Å². The number of aromatic nitrogens is 2. The van der Waals surface area contributed by atoms with Crippen molar-refractivity contribution in [2.45, 2.75) is 31.7 Å². The summed E-state index contributed by atoms with van der Waals surface area (Å²) in [6.45, 7) is 1.76. The minimum Gasteiger partial charge on any atom is -0.386 e. The molecule has 1 heterocycles. The number of carbonyl (C=O) groups is 1. The van der Waals surface area contributed by atoms with Crippen LogP contribution in [0.3, 0.4) is 0 Å². The van der Waals surface area contributed by atoms with Crippen molar-refractivity contribution in [3.05, 3.63) is 53.3 Å². The Hall–Kier alpha value is -2.35. The highest BCUT2D eigenvalue weighted by molar-refractivity contribution is 5.92. The Balaban J connectivity index is 2.10. The van der Waals surface area contributed by atoms with Gasteiger partial charge in [-0.2, -0.15) is 18.3 Å². The van der Waals surface area contributed by atoms with Crippen molar-refractivity contribution in [2.24, 2.45) is 0 Å². The number of halogens is 3. The van der Waals surface area contributed by atoms with Crippen LogP contribution in [0.15, 0.2) is 36.5 Å². The van der Waals surface area contributed by atoms with E-state index < -0.39 is 29.8 Å². The first-order valence-electron chi connectivity index (χ1n) is 6.98. The molecule has 0 bridgehead atoms. The van der Waals surface area contributed by atoms with E-state index >= 15 is 0 Å². The predicted octanol–water partition coefficient (Wildman–Crippen LogP) is 2.67. The summed E-state index contributed by atoms with van der Waals surface area (Å²) < 4.78 is 37.6. The van der Waals surface area contributed by atoms with Crippen molar-refractivity contribution < 1.29 is 23.1 Å². The molecule has 8 heteroatoms. The van der Waals surface area contributed by atoms with E-state index in [0.717, 1.165) is 12.1 Å². The lowest BCUT2D eigenvalue weighted by Gasteiger charge is -2.23. The second-order valence-electron chi connectivity index (χ2n) is 5.02. The number of nitrogens with one attached hydrogen (secondary N) is 2. The smallest absolute Gasteiger partial charge is 0.386 e. The van der Waals surface area contributed by atoms with Gasteiger partial charge in [-0.25, -0.2) is 0 Å². The maximum absolute atomic E-state index is 12.5. The van der Waals surface area contributed by atoms with Gasteiger partial charge in [0.05, 0.1) is 17.7 Å². The summed E-state index contributed by atoms with van der Waals surface area (Å²) in [6, 6.07) is 5.07. The van der Waals surface area contributed by atoms with Crippen LogP contribution in [0.1, 0.15) is 41.1 Å². The molecule has 1 amide bonds. The maximum atomic E-state index is 12.5. The Bertz CT molecular complexity index is 639. The van der Waals surface area contributed by atoms with Crippen molar-refractivity contribution in [1.29, 1.82) is 0 Å². The van der Waals surface area contributed by atoms with E-state index in [1.54, 1.807) is 6.92 Å². The lowest BCUT2D eigenvalue weighted by molar-refractivity contribution is -0.137. The number of carbonyl (C=O) groups excluding carboxylic acids is 1. The molecule has 0 aliphatic carbocycles. The van der Waals surface area contributed by atoms with Gasteiger partial charge >= 0.3 is 6.18 Å². The molecule has 1 aromatic carbocycles. The summed E-state index contributed by atoms with van der Waals surface area (Å²) >= 11 is 0. The number of benzene rings is 1. The number of rotatable bonds is 5. The highest BCUT2D eigenvalue weighted by Crippen LogP contribution is 2.30. The van der Waals surface area contributed by atoms with Gasteiger partial charge in [0.1, 0.15) is 5.69 Å². The van der Waals surface area contributed by atoms with Gasteiger partial charge in [-0.3, -0.25) is 9.89 Å². The average Bonchev–Trinajstić information content (AvgIpc) is 3.05. The van der Waals surface area contributed by atoms with Crippen LogP contribution in [-0.2, 0) is 6.18 Å². The van der Waals surface area contributed by atoms with Crippen LogP contribution in [0.2, 0.25) is 0 Å². The lowest BCUT2D eigenvalue weighted by atomic mass is 9.99. The summed E-state index contributed by atoms with van der Waals surface area (Å²) in [6.07, 6.45) is -3.72. The number of nitrogens with zero attached hydrogens (tertiary/aromatic N) is 1. The van der Waals surface area contributed by atoms with E-state index in [2.05, 4.69) is 15.5 Å². The molecule has 2 rings (SSSR count). The molecule has 1 aromatic heterocycles. The fraction of sp³-hybridized carbons (Fsp3) is 0.333. The van der Waals surface area contributed by atoms with Crippen molar-refractivity contribution in [3.63, 3.8) is 0 Å². The molecule has 0 aliphatic rings. The summed E-state index contributed by atoms with van der Waals surface area (Å²) in [4.78, 5) is 12.0. The molecule has 0 unspecified atom stereocenters. The number of aromatic amines is 1. The number of aliphatic hydroxyl groups excluding tert-OH is 1. The van der Waals surface area contributed by atoms with Crippen LogP contribution in [0.25, 0.3) is 0 Å². The van der Waals surface area contributed by atoms with E-state index in [1.165, 1.54) is 24.4 Å². The summed E-state index contributed by atoms with van der Waals surface area (Å²) in [5.74, 6) is -0.444. The molecule has 0 spiro atoms. The summed E-state index contributed by atoms with van der Waals surface area (Å²) in [7, 11) is 0. The van der Waals surface area contributed by atoms with Crippen LogP contribution < -0.4 is 5.32 Å². The van der Waals surface area contributed by atoms with Crippen LogP contribution in [0.4, 0.5) is 13.2 Å². The molecular weight excluding hydrogens is 311 g/mol. The van der Waals surface area contributed by atoms with Gasteiger partial charge < -0.3 is 10.4 Å². The highest BCUT2D eigenvalue weighted by Gasteiger charge is 2.30. The molecule has 5 nitrogen and oxygen atoms in total. The van der Waals surface area contributed by atoms with Gasteiger partial charge in [0.15, 0.2) is 0 Å². The summed E-state index contributed by atoms with van der Waals surface area (Å²) in [5, 5.41) is 19.1. The van der Waals surface area contributed by atoms with Gasteiger partial charge in [-0.1, -0.05) is 19.1 Å². The Morgan fingerprint density at radius 1 is 1.30 bits per heavy atom. The molecule has 124 valence electrons. The number of H-pyrrole nitrogens is 1. The number of amides is 1. The van der Waals surface area contributed by atoms with Gasteiger partial charge in [0, 0.05) is 6.20 Å². The van der Waals surface area contributed by atoms with Crippen LogP contribution >= 0.6 is 0 Å². The van der Waals surface area contributed by atoms with Crippen LogP contribution in [0.5, 0.6) is 0 Å². The zero-order chi connectivity index (χ0) is 17.0. The second-order valence-corrected chi connectivity index (χ2v) is 5.02. The topological polar surface area (TPSA) is 78.0 Å². The largest absolute Gasteiger partial charge is 0.416 e. The third kappa shape index (κ3) is 4.10. The molecule has 3 N–H and O–H groups in total. The minimum atomic E-state index is -4.43. The zero-order valence-electron chi connectivity index (χ0n) is 12.3. The third-order valence-electron chi connectivity index (χ3n) is 3.46. The number of hydrogen-bond acceptors (Lipinski definition) is 3. The van der Waals surface area contributed by atoms with Gasteiger partial charge in [0.2, 0.25) is 0 Å². The molecule has 23 heavy (non-hydrogen) atoms. The lowest BCUT2D eigenvalue weighted by Crippen LogP contribution is -2.39. The number of aliphatic hydroxyl groups is 1. The average molecular weight is 327 g/mol. The Morgan fingerprint density at radius 3 is 2.43 bits per heavy atom. The van der Waals surface area contributed by atoms with E-state index in [1.807, 2.05) is 0 Å². The first-order valence-corrected chi connectivity index (χ1v) is 6.98. The third-order valence-corrected chi connectivity index (χ3v) is 3.46. The quantitative estimate of drug-likeness (QED) is 0.790. The molecule has 0 aliphatic heterocycles. The summed E-state index contributed by atoms with van der Waals surface area (Å²) in [5.41, 5.74) is -0.249. The normalized spacial score (nSPS) is 14.3. The van der Waals surface area contributed by atoms with E-state index in [0.29, 0.717) is 12.0 Å². The molecule has 0 fully saturated rings. The minimum absolute atomic E-state index is 0.239. The maximum Gasteiger partial charge on any atom is 0.416 e. The number of alkyl halides is 3. The van der Waals surface area contributed by atoms with Gasteiger partial charge in [-0.15, -0.1) is 0 Å². The fourth-order valence-electron chi connectivity index (χ4n) is 2.13. The first-order chi connectivity index (χ1) is 10.8. The standard InChI is InChI=1S/C15H16F3N3O2/c1-2-11(20-14(23)12-7-8-19-21-12)13(22)9-3-5-10(6-4-9)15(16,17)18/h3-8,11,13,22H,2H2,1H3,(H,19,21)(H,20,23)/t11-,13+/m0/s1. The Morgan fingerprint density at radius 2 is 1.96 bits per heavy atom. The van der Waals surface area contributed by atoms with Crippen molar-refractivity contribution in [3.8, 4) is 0 Å². The molecule has 0 saturated heterocycles. The SMILES string of the molecule is CC[C@H](NC(=O)c1ccn[nH]1)[C@H](O)c1ccc(C(F)(F)F)cc1. The van der Waals surface area contributed by atoms with Crippen LogP contribution in [0, 0.1) is 0 Å². The highest BCUT2D eigenvalue weighted by atomic mass is 19.4.